The molecule has 0 saturated heterocycles. The summed E-state index contributed by atoms with van der Waals surface area (Å²) in [6.07, 6.45) is 0. The first-order valence-corrected chi connectivity index (χ1v) is 5.95. The Kier molecular flexibility index (Phi) is 4.03. The number of anilines is 1. The highest BCUT2D eigenvalue weighted by Gasteiger charge is 2.16. The number of nitrogens with two attached hydrogens (primary N) is 1. The van der Waals surface area contributed by atoms with E-state index in [1.807, 2.05) is 54.6 Å². The molecule has 0 saturated carbocycles. The van der Waals surface area contributed by atoms with E-state index in [9.17, 15) is 4.79 Å². The minimum Gasteiger partial charge on any atom is -0.497 e. The lowest BCUT2D eigenvalue weighted by atomic mass is 10.1. The van der Waals surface area contributed by atoms with Gasteiger partial charge in [0.05, 0.1) is 7.11 Å². The van der Waals surface area contributed by atoms with E-state index in [4.69, 9.17) is 10.5 Å². The van der Waals surface area contributed by atoms with Crippen molar-refractivity contribution in [2.24, 2.45) is 5.73 Å². The fraction of sp³-hybridized carbons (Fsp3) is 0.133. The second kappa shape index (κ2) is 5.91. The molecular weight excluding hydrogens is 240 g/mol. The number of amides is 1. The summed E-state index contributed by atoms with van der Waals surface area (Å²) in [5, 5.41) is 3.12. The first kappa shape index (κ1) is 13.0. The fourth-order valence-corrected chi connectivity index (χ4v) is 1.82. The van der Waals surface area contributed by atoms with Crippen molar-refractivity contribution in [2.75, 3.05) is 12.4 Å². The van der Waals surface area contributed by atoms with Crippen LogP contribution in [0.15, 0.2) is 54.6 Å². The summed E-state index contributed by atoms with van der Waals surface area (Å²) in [5.41, 5.74) is 7.10. The third-order valence-corrected chi connectivity index (χ3v) is 2.82. The number of hydrogen-bond donors (Lipinski definition) is 2. The van der Waals surface area contributed by atoms with Crippen molar-refractivity contribution in [1.29, 1.82) is 0 Å². The molecule has 3 N–H and O–H groups in total. The number of rotatable bonds is 5. The van der Waals surface area contributed by atoms with Crippen LogP contribution in [-0.2, 0) is 4.79 Å². The molecule has 0 aromatic heterocycles. The fourth-order valence-electron chi connectivity index (χ4n) is 1.82. The normalized spacial score (nSPS) is 11.6. The molecule has 0 aliphatic rings. The maximum Gasteiger partial charge on any atom is 0.244 e. The average molecular weight is 256 g/mol. The van der Waals surface area contributed by atoms with E-state index in [1.165, 1.54) is 0 Å². The van der Waals surface area contributed by atoms with Crippen molar-refractivity contribution >= 4 is 11.6 Å². The number of carbonyl (C=O) groups is 1. The molecule has 1 atom stereocenters. The van der Waals surface area contributed by atoms with Gasteiger partial charge in [0, 0.05) is 5.69 Å². The van der Waals surface area contributed by atoms with E-state index in [0.717, 1.165) is 17.0 Å². The lowest BCUT2D eigenvalue weighted by molar-refractivity contribution is -0.118. The molecule has 2 aromatic carbocycles. The summed E-state index contributed by atoms with van der Waals surface area (Å²) >= 11 is 0. The highest BCUT2D eigenvalue weighted by molar-refractivity contribution is 5.84. The van der Waals surface area contributed by atoms with Crippen molar-refractivity contribution in [3.63, 3.8) is 0 Å². The number of nitrogens with one attached hydrogen (secondary N) is 1. The predicted molar refractivity (Wildman–Crippen MR) is 75.0 cm³/mol. The van der Waals surface area contributed by atoms with Gasteiger partial charge < -0.3 is 15.8 Å². The van der Waals surface area contributed by atoms with E-state index < -0.39 is 11.9 Å². The van der Waals surface area contributed by atoms with Gasteiger partial charge in [0.25, 0.3) is 0 Å². The van der Waals surface area contributed by atoms with Gasteiger partial charge in [-0.3, -0.25) is 4.79 Å². The maximum atomic E-state index is 11.6. The van der Waals surface area contributed by atoms with Crippen molar-refractivity contribution in [1.82, 2.24) is 0 Å². The Hall–Kier alpha value is -2.49. The summed E-state index contributed by atoms with van der Waals surface area (Å²) in [5.74, 6) is 0.350. The number of primary amides is 1. The molecule has 4 nitrogen and oxygen atoms in total. The quantitative estimate of drug-likeness (QED) is 0.863. The molecule has 0 radical (unpaired) electrons. The Morgan fingerprint density at radius 3 is 2.26 bits per heavy atom. The van der Waals surface area contributed by atoms with E-state index >= 15 is 0 Å². The van der Waals surface area contributed by atoms with Crippen LogP contribution in [0.2, 0.25) is 0 Å². The topological polar surface area (TPSA) is 64.3 Å². The Bertz CT molecular complexity index is 538. The summed E-state index contributed by atoms with van der Waals surface area (Å²) < 4.78 is 5.09. The number of methoxy groups -OCH3 is 1. The van der Waals surface area contributed by atoms with Gasteiger partial charge in [-0.25, -0.2) is 0 Å². The molecular formula is C15H16N2O2. The highest BCUT2D eigenvalue weighted by Crippen LogP contribution is 2.21. The standard InChI is InChI=1S/C15H16N2O2/c1-19-13-9-7-12(8-10-13)17-14(15(16)18)11-5-3-2-4-6-11/h2-10,14,17H,1H3,(H2,16,18)/t14-/m1/s1. The molecule has 0 fully saturated rings. The monoisotopic (exact) mass is 256 g/mol. The van der Waals surface area contributed by atoms with Crippen LogP contribution in [0.1, 0.15) is 11.6 Å². The van der Waals surface area contributed by atoms with E-state index in [2.05, 4.69) is 5.32 Å². The van der Waals surface area contributed by atoms with Gasteiger partial charge in [0.1, 0.15) is 11.8 Å². The molecule has 0 aliphatic carbocycles. The molecule has 0 unspecified atom stereocenters. The molecule has 98 valence electrons. The smallest absolute Gasteiger partial charge is 0.244 e. The SMILES string of the molecule is COc1ccc(N[C@@H](C(N)=O)c2ccccc2)cc1. The first-order valence-electron chi connectivity index (χ1n) is 5.95. The Labute approximate surface area is 112 Å². The summed E-state index contributed by atoms with van der Waals surface area (Å²) in [6.45, 7) is 0. The van der Waals surface area contributed by atoms with Gasteiger partial charge in [0.15, 0.2) is 0 Å². The molecule has 1 amide bonds. The molecule has 0 spiro atoms. The molecule has 2 rings (SSSR count). The first-order chi connectivity index (χ1) is 9.20. The van der Waals surface area contributed by atoms with Crippen LogP contribution in [0.4, 0.5) is 5.69 Å². The van der Waals surface area contributed by atoms with Crippen LogP contribution in [0, 0.1) is 0 Å². The van der Waals surface area contributed by atoms with Gasteiger partial charge >= 0.3 is 0 Å². The lowest BCUT2D eigenvalue weighted by Gasteiger charge is -2.17. The predicted octanol–water partition coefficient (Wildman–Crippen LogP) is 2.33. The van der Waals surface area contributed by atoms with Crippen molar-refractivity contribution in [3.8, 4) is 5.75 Å². The maximum absolute atomic E-state index is 11.6. The van der Waals surface area contributed by atoms with Crippen molar-refractivity contribution in [2.45, 2.75) is 6.04 Å². The number of hydrogen-bond acceptors (Lipinski definition) is 3. The Morgan fingerprint density at radius 1 is 1.11 bits per heavy atom. The van der Waals surface area contributed by atoms with E-state index in [0.29, 0.717) is 0 Å². The highest BCUT2D eigenvalue weighted by atomic mass is 16.5. The van der Waals surface area contributed by atoms with E-state index in [-0.39, 0.29) is 0 Å². The van der Waals surface area contributed by atoms with Crippen LogP contribution in [0.5, 0.6) is 5.75 Å². The molecule has 2 aromatic rings. The summed E-state index contributed by atoms with van der Waals surface area (Å²) in [4.78, 5) is 11.6. The van der Waals surface area contributed by atoms with Gasteiger partial charge in [-0.2, -0.15) is 0 Å². The van der Waals surface area contributed by atoms with Gasteiger partial charge in [-0.05, 0) is 29.8 Å². The number of carbonyl (C=O) groups excluding carboxylic acids is 1. The molecule has 19 heavy (non-hydrogen) atoms. The Balaban J connectivity index is 2.19. The van der Waals surface area contributed by atoms with Gasteiger partial charge in [-0.15, -0.1) is 0 Å². The zero-order chi connectivity index (χ0) is 13.7. The third-order valence-electron chi connectivity index (χ3n) is 2.82. The van der Waals surface area contributed by atoms with E-state index in [1.54, 1.807) is 7.11 Å². The van der Waals surface area contributed by atoms with Crippen molar-refractivity contribution in [3.05, 3.63) is 60.2 Å². The number of ether oxygens (including phenoxy) is 1. The largest absolute Gasteiger partial charge is 0.497 e. The molecule has 0 bridgehead atoms. The minimum absolute atomic E-state index is 0.415. The zero-order valence-corrected chi connectivity index (χ0v) is 10.7. The summed E-state index contributed by atoms with van der Waals surface area (Å²) in [6, 6.07) is 16.2. The molecule has 4 heteroatoms. The van der Waals surface area contributed by atoms with Crippen LogP contribution >= 0.6 is 0 Å². The zero-order valence-electron chi connectivity index (χ0n) is 10.7. The van der Waals surface area contributed by atoms with Crippen LogP contribution < -0.4 is 15.8 Å². The van der Waals surface area contributed by atoms with Crippen LogP contribution in [0.3, 0.4) is 0 Å². The lowest BCUT2D eigenvalue weighted by Crippen LogP contribution is -2.27. The average Bonchev–Trinajstić information content (AvgIpc) is 2.46. The van der Waals surface area contributed by atoms with Gasteiger partial charge in [0.2, 0.25) is 5.91 Å². The third kappa shape index (κ3) is 3.25. The Morgan fingerprint density at radius 2 is 1.74 bits per heavy atom. The second-order valence-electron chi connectivity index (χ2n) is 4.12. The molecule has 0 aliphatic heterocycles. The number of benzene rings is 2. The minimum atomic E-state index is -0.547. The second-order valence-corrected chi connectivity index (χ2v) is 4.12. The summed E-state index contributed by atoms with van der Waals surface area (Å²) in [7, 11) is 1.61. The molecule has 0 heterocycles. The van der Waals surface area contributed by atoms with Crippen LogP contribution in [0.25, 0.3) is 0 Å². The van der Waals surface area contributed by atoms with Crippen LogP contribution in [-0.4, -0.2) is 13.0 Å². The van der Waals surface area contributed by atoms with Gasteiger partial charge in [-0.1, -0.05) is 30.3 Å². The van der Waals surface area contributed by atoms with Crippen molar-refractivity contribution < 1.29 is 9.53 Å².